The SMILES string of the molecule is CCCCCCCCOc1ccc(N(c2ccc(OCCCCCCCC)cc2)c2ccc(-c3c4c(c(-c5ccc(N(c6ccc(OCCCCCCCC)cc6)c6ccc(OCCCCCCCC)cc6)cc5)c5n[se]nc35)N[Se]N4)cc2)cc1. The van der Waals surface area contributed by atoms with Crippen LogP contribution in [0.15, 0.2) is 146 Å². The summed E-state index contributed by atoms with van der Waals surface area (Å²) < 4.78 is 42.9. The third-order valence-corrected chi connectivity index (χ3v) is 18.7. The van der Waals surface area contributed by atoms with Gasteiger partial charge in [-0.25, -0.2) is 0 Å². The van der Waals surface area contributed by atoms with E-state index in [1.807, 2.05) is 0 Å². The Bertz CT molecular complexity index is 2860. The zero-order valence-corrected chi connectivity index (χ0v) is 55.3. The number of hydrogen-bond acceptors (Lipinski definition) is 10. The molecule has 0 bridgehead atoms. The Kier molecular flexibility index (Phi) is 26.4. The van der Waals surface area contributed by atoms with Crippen LogP contribution in [0.3, 0.4) is 0 Å². The molecule has 8 aromatic rings. The number of ether oxygens (including phenoxy) is 4. The summed E-state index contributed by atoms with van der Waals surface area (Å²) in [6.45, 7) is 12.0. The first-order valence-electron chi connectivity index (χ1n) is 32.8. The average Bonchev–Trinajstić information content (AvgIpc) is 1.76. The minimum atomic E-state index is -0.274. The zero-order valence-electron chi connectivity index (χ0n) is 51.9. The van der Waals surface area contributed by atoms with Crippen LogP contribution in [0.4, 0.5) is 45.5 Å². The molecule has 86 heavy (non-hydrogen) atoms. The van der Waals surface area contributed by atoms with Gasteiger partial charge in [-0.2, -0.15) is 0 Å². The Morgan fingerprint density at radius 3 is 0.791 bits per heavy atom. The van der Waals surface area contributed by atoms with Crippen molar-refractivity contribution in [3.8, 4) is 45.3 Å². The second kappa shape index (κ2) is 35.4. The van der Waals surface area contributed by atoms with Crippen molar-refractivity contribution >= 4 is 86.9 Å². The molecule has 2 heterocycles. The van der Waals surface area contributed by atoms with Gasteiger partial charge in [0.1, 0.15) is 0 Å². The molecule has 0 atom stereocenters. The van der Waals surface area contributed by atoms with Crippen LogP contribution in [0.25, 0.3) is 33.3 Å². The van der Waals surface area contributed by atoms with Gasteiger partial charge in [0.2, 0.25) is 0 Å². The van der Waals surface area contributed by atoms with E-state index in [9.17, 15) is 0 Å². The van der Waals surface area contributed by atoms with Crippen molar-refractivity contribution < 1.29 is 18.9 Å². The van der Waals surface area contributed by atoms with Crippen LogP contribution in [0.5, 0.6) is 23.0 Å². The molecule has 456 valence electrons. The minimum absolute atomic E-state index is 0.0520. The van der Waals surface area contributed by atoms with Crippen LogP contribution in [0.1, 0.15) is 182 Å². The molecule has 0 amide bonds. The molecule has 0 radical (unpaired) electrons. The summed E-state index contributed by atoms with van der Waals surface area (Å²) in [4.78, 5) is 4.63. The normalized spacial score (nSPS) is 11.8. The molecule has 10 nitrogen and oxygen atoms in total. The summed E-state index contributed by atoms with van der Waals surface area (Å²) in [7, 11) is 0. The Balaban J connectivity index is 0.957. The molecule has 2 N–H and O–H groups in total. The molecule has 9 rings (SSSR count). The molecule has 0 spiro atoms. The average molecular weight is 1290 g/mol. The Hall–Kier alpha value is -6.42. The van der Waals surface area contributed by atoms with E-state index >= 15 is 0 Å². The Morgan fingerprint density at radius 2 is 0.535 bits per heavy atom. The van der Waals surface area contributed by atoms with Crippen LogP contribution in [-0.4, -0.2) is 64.7 Å². The van der Waals surface area contributed by atoms with Crippen molar-refractivity contribution in [1.82, 2.24) is 7.96 Å². The molecular weight excluding hydrogens is 1190 g/mol. The maximum atomic E-state index is 6.25. The van der Waals surface area contributed by atoms with Crippen molar-refractivity contribution in [2.75, 3.05) is 44.9 Å². The second-order valence-electron chi connectivity index (χ2n) is 23.0. The molecule has 0 aliphatic carbocycles. The van der Waals surface area contributed by atoms with Crippen LogP contribution in [0, 0.1) is 0 Å². The molecule has 0 unspecified atom stereocenters. The molecule has 7 aromatic carbocycles. The van der Waals surface area contributed by atoms with E-state index in [1.165, 1.54) is 128 Å². The maximum absolute atomic E-state index is 6.25. The van der Waals surface area contributed by atoms with Crippen molar-refractivity contribution in [3.05, 3.63) is 146 Å². The predicted molar refractivity (Wildman–Crippen MR) is 365 cm³/mol. The molecule has 1 aromatic heterocycles. The number of hydrogen-bond donors (Lipinski definition) is 2. The van der Waals surface area contributed by atoms with E-state index in [1.54, 1.807) is 0 Å². The van der Waals surface area contributed by atoms with Gasteiger partial charge >= 0.3 is 304 Å². The number of nitrogens with one attached hydrogen (secondary N) is 2. The number of rotatable bonds is 40. The second-order valence-corrected chi connectivity index (χ2v) is 25.4. The van der Waals surface area contributed by atoms with Crippen molar-refractivity contribution in [2.24, 2.45) is 0 Å². The summed E-state index contributed by atoms with van der Waals surface area (Å²) in [5, 5.41) is 0. The number of nitrogens with zero attached hydrogens (tertiary/aromatic N) is 4. The van der Waals surface area contributed by atoms with Gasteiger partial charge in [-0.15, -0.1) is 0 Å². The molecule has 0 saturated heterocycles. The van der Waals surface area contributed by atoms with Gasteiger partial charge in [0.15, 0.2) is 0 Å². The molecule has 1 aliphatic rings. The fourth-order valence-electron chi connectivity index (χ4n) is 11.4. The van der Waals surface area contributed by atoms with Gasteiger partial charge in [0.25, 0.3) is 0 Å². The summed E-state index contributed by atoms with van der Waals surface area (Å²) in [5.41, 5.74) is 14.8. The van der Waals surface area contributed by atoms with E-state index in [4.69, 9.17) is 26.9 Å². The molecule has 0 fully saturated rings. The van der Waals surface area contributed by atoms with E-state index in [0.29, 0.717) is 0 Å². The van der Waals surface area contributed by atoms with Gasteiger partial charge in [-0.1, -0.05) is 156 Å². The number of unbranched alkanes of at least 4 members (excludes halogenated alkanes) is 20. The van der Waals surface area contributed by atoms with E-state index < -0.39 is 0 Å². The number of anilines is 8. The molecule has 0 saturated carbocycles. The predicted octanol–water partition coefficient (Wildman–Crippen LogP) is 21.3. The standard InChI is InChI=1S/C74H94N6O4Se2/c1-5-9-13-17-21-25-53-81-65-45-37-61(38-46-65)79(62-39-47-66(48-40-62)82-54-26-22-18-14-10-6-2)59-33-29-57(30-34-59)69-71-73(77-85-75-71)70(74-72(69)76-86-78-74)58-31-35-60(36-32-58)80(63-41-49-67(50-42-63)83-55-27-23-19-15-11-7-3)64-43-51-68(52-44-64)84-56-28-24-20-16-12-8-4/h29-52,75,77H,5-28,53-56H2,1-4H3. The monoisotopic (exact) mass is 1290 g/mol. The molecular formula is C74H94N6O4Se2. The fraction of sp³-hybridized carbons (Fsp3) is 0.432. The number of fused-ring (bicyclic) bond motifs is 2. The van der Waals surface area contributed by atoms with Crippen LogP contribution < -0.4 is 37.4 Å². The topological polar surface area (TPSA) is 93.2 Å². The van der Waals surface area contributed by atoms with Crippen LogP contribution >= 0.6 is 0 Å². The van der Waals surface area contributed by atoms with Crippen molar-refractivity contribution in [1.29, 1.82) is 0 Å². The number of benzene rings is 7. The first-order chi connectivity index (χ1) is 42.6. The van der Waals surface area contributed by atoms with Crippen molar-refractivity contribution in [2.45, 2.75) is 182 Å². The first kappa shape index (κ1) is 64.1. The van der Waals surface area contributed by atoms with E-state index in [0.717, 1.165) is 154 Å². The third-order valence-electron chi connectivity index (χ3n) is 16.3. The summed E-state index contributed by atoms with van der Waals surface area (Å²) in [6.07, 6.45) is 29.8. The van der Waals surface area contributed by atoms with Crippen molar-refractivity contribution in [3.63, 3.8) is 0 Å². The van der Waals surface area contributed by atoms with Gasteiger partial charge in [-0.05, 0) is 25.7 Å². The Morgan fingerprint density at radius 1 is 0.302 bits per heavy atom. The van der Waals surface area contributed by atoms with Gasteiger partial charge in [-0.3, -0.25) is 0 Å². The summed E-state index contributed by atoms with van der Waals surface area (Å²) in [5.74, 6) is 3.59. The number of aromatic nitrogens is 2. The van der Waals surface area contributed by atoms with Gasteiger partial charge in [0.05, 0.1) is 26.4 Å². The summed E-state index contributed by atoms with van der Waals surface area (Å²) in [6, 6.07) is 52.1. The first-order valence-corrected chi connectivity index (χ1v) is 36.0. The Labute approximate surface area is 528 Å². The van der Waals surface area contributed by atoms with Gasteiger partial charge < -0.3 is 18.9 Å². The zero-order chi connectivity index (χ0) is 59.4. The van der Waals surface area contributed by atoms with E-state index in [-0.39, 0.29) is 30.4 Å². The van der Waals surface area contributed by atoms with Crippen LogP contribution in [0.2, 0.25) is 0 Å². The van der Waals surface area contributed by atoms with E-state index in [2.05, 4.69) is 192 Å². The quantitative estimate of drug-likeness (QED) is 0.0286. The van der Waals surface area contributed by atoms with Crippen LogP contribution in [-0.2, 0) is 0 Å². The van der Waals surface area contributed by atoms with Gasteiger partial charge in [0, 0.05) is 0 Å². The molecule has 12 heteroatoms. The summed E-state index contributed by atoms with van der Waals surface area (Å²) >= 11 is -0.326. The molecule has 1 aliphatic heterocycles. The fourth-order valence-corrected chi connectivity index (χ4v) is 14.0. The third kappa shape index (κ3) is 18.3.